The number of carbonyl (C=O) groups is 2. The van der Waals surface area contributed by atoms with Crippen molar-refractivity contribution in [3.8, 4) is 0 Å². The summed E-state index contributed by atoms with van der Waals surface area (Å²) in [4.78, 5) is 28.8. The van der Waals surface area contributed by atoms with Gasteiger partial charge in [0.05, 0.1) is 22.1 Å². The lowest BCUT2D eigenvalue weighted by molar-refractivity contribution is -0.147. The monoisotopic (exact) mass is 426 g/mol. The van der Waals surface area contributed by atoms with Gasteiger partial charge in [0.25, 0.3) is 0 Å². The summed E-state index contributed by atoms with van der Waals surface area (Å²) in [6, 6.07) is 15.9. The van der Waals surface area contributed by atoms with Crippen LogP contribution in [-0.2, 0) is 15.3 Å². The molecule has 1 aliphatic rings. The molecule has 0 saturated heterocycles. The second-order valence-corrected chi connectivity index (χ2v) is 9.51. The Hall–Kier alpha value is -2.38. The number of thioether (sulfide) groups is 1. The van der Waals surface area contributed by atoms with Gasteiger partial charge in [0, 0.05) is 11.4 Å². The lowest BCUT2D eigenvalue weighted by Gasteiger charge is -2.27. The first kappa shape index (κ1) is 19.9. The third kappa shape index (κ3) is 4.79. The molecule has 29 heavy (non-hydrogen) atoms. The highest BCUT2D eigenvalue weighted by molar-refractivity contribution is 8.00. The van der Waals surface area contributed by atoms with Crippen LogP contribution in [0.25, 0.3) is 10.2 Å². The van der Waals surface area contributed by atoms with Crippen molar-refractivity contribution < 1.29 is 14.7 Å². The van der Waals surface area contributed by atoms with E-state index in [1.807, 2.05) is 36.4 Å². The molecule has 4 rings (SSSR count). The molecule has 0 unspecified atom stereocenters. The summed E-state index contributed by atoms with van der Waals surface area (Å²) in [5.74, 6) is -1.25. The lowest BCUT2D eigenvalue weighted by atomic mass is 9.78. The number of nitrogens with zero attached hydrogens (tertiary/aromatic N) is 1. The SMILES string of the molecule is O=C(O)[C@H]1CCCC[C@H]1C(=O)Nc1ccc2nc(SCc3ccccc3)sc2c1. The molecule has 1 heterocycles. The van der Waals surface area contributed by atoms with E-state index in [0.717, 1.165) is 33.2 Å². The normalized spacial score (nSPS) is 19.2. The number of carbonyl (C=O) groups excluding carboxylic acids is 1. The summed E-state index contributed by atoms with van der Waals surface area (Å²) in [6.07, 6.45) is 2.98. The van der Waals surface area contributed by atoms with Crippen LogP contribution < -0.4 is 5.32 Å². The number of rotatable bonds is 6. The maximum atomic E-state index is 12.7. The largest absolute Gasteiger partial charge is 0.481 e. The van der Waals surface area contributed by atoms with Gasteiger partial charge >= 0.3 is 5.97 Å². The highest BCUT2D eigenvalue weighted by atomic mass is 32.2. The number of amides is 1. The van der Waals surface area contributed by atoms with E-state index in [9.17, 15) is 14.7 Å². The molecular formula is C22H22N2O3S2. The number of nitrogens with one attached hydrogen (secondary N) is 1. The molecule has 1 saturated carbocycles. The van der Waals surface area contributed by atoms with E-state index in [2.05, 4.69) is 22.4 Å². The van der Waals surface area contributed by atoms with E-state index in [1.54, 1.807) is 23.1 Å². The van der Waals surface area contributed by atoms with Crippen LogP contribution in [0.4, 0.5) is 5.69 Å². The number of fused-ring (bicyclic) bond motifs is 1. The van der Waals surface area contributed by atoms with E-state index in [1.165, 1.54) is 5.56 Å². The smallest absolute Gasteiger partial charge is 0.307 e. The van der Waals surface area contributed by atoms with Gasteiger partial charge in [-0.15, -0.1) is 11.3 Å². The van der Waals surface area contributed by atoms with Gasteiger partial charge in [0.1, 0.15) is 0 Å². The van der Waals surface area contributed by atoms with Crippen LogP contribution in [0.1, 0.15) is 31.2 Å². The highest BCUT2D eigenvalue weighted by Gasteiger charge is 2.35. The maximum absolute atomic E-state index is 12.7. The average Bonchev–Trinajstić information content (AvgIpc) is 3.15. The third-order valence-corrected chi connectivity index (χ3v) is 7.49. The Balaban J connectivity index is 1.44. The average molecular weight is 427 g/mol. The molecule has 2 N–H and O–H groups in total. The summed E-state index contributed by atoms with van der Waals surface area (Å²) in [5, 5.41) is 12.3. The molecule has 0 bridgehead atoms. The first-order valence-electron chi connectivity index (χ1n) is 9.71. The van der Waals surface area contributed by atoms with Crippen molar-refractivity contribution in [3.63, 3.8) is 0 Å². The van der Waals surface area contributed by atoms with Crippen LogP contribution in [0, 0.1) is 11.8 Å². The fourth-order valence-corrected chi connectivity index (χ4v) is 5.80. The van der Waals surface area contributed by atoms with Gasteiger partial charge in [-0.25, -0.2) is 4.98 Å². The Morgan fingerprint density at radius 2 is 1.86 bits per heavy atom. The first-order chi connectivity index (χ1) is 14.1. The molecule has 150 valence electrons. The van der Waals surface area contributed by atoms with Gasteiger partial charge in [-0.2, -0.15) is 0 Å². The third-order valence-electron chi connectivity index (χ3n) is 5.26. The first-order valence-corrected chi connectivity index (χ1v) is 11.5. The number of hydrogen-bond acceptors (Lipinski definition) is 5. The van der Waals surface area contributed by atoms with Gasteiger partial charge < -0.3 is 10.4 Å². The van der Waals surface area contributed by atoms with Crippen molar-refractivity contribution in [2.75, 3.05) is 5.32 Å². The summed E-state index contributed by atoms with van der Waals surface area (Å²) in [7, 11) is 0. The standard InChI is InChI=1S/C22H22N2O3S2/c25-20(16-8-4-5-9-17(16)21(26)27)23-15-10-11-18-19(12-15)29-22(24-18)28-13-14-6-2-1-3-7-14/h1-3,6-7,10-12,16-17H,4-5,8-9,13H2,(H,23,25)(H,26,27)/t16-,17+/m1/s1. The minimum Gasteiger partial charge on any atom is -0.481 e. The predicted octanol–water partition coefficient (Wildman–Crippen LogP) is 5.42. The van der Waals surface area contributed by atoms with Crippen LogP contribution in [0.5, 0.6) is 0 Å². The van der Waals surface area contributed by atoms with Crippen molar-refractivity contribution in [2.45, 2.75) is 35.8 Å². The predicted molar refractivity (Wildman–Crippen MR) is 117 cm³/mol. The Kier molecular flexibility index (Phi) is 6.16. The zero-order valence-corrected chi connectivity index (χ0v) is 17.5. The number of carboxylic acids is 1. The molecule has 0 radical (unpaired) electrons. The van der Waals surface area contributed by atoms with Gasteiger partial charge in [-0.1, -0.05) is 54.9 Å². The minimum absolute atomic E-state index is 0.195. The maximum Gasteiger partial charge on any atom is 0.307 e. The summed E-state index contributed by atoms with van der Waals surface area (Å²) >= 11 is 3.31. The van der Waals surface area contributed by atoms with E-state index in [4.69, 9.17) is 0 Å². The zero-order chi connectivity index (χ0) is 20.2. The Labute approximate surface area is 177 Å². The van der Waals surface area contributed by atoms with Crippen LogP contribution >= 0.6 is 23.1 Å². The Bertz CT molecular complexity index is 1020. The number of aliphatic carboxylic acids is 1. The molecule has 1 fully saturated rings. The van der Waals surface area contributed by atoms with Gasteiger partial charge in [0.15, 0.2) is 4.34 Å². The topological polar surface area (TPSA) is 79.3 Å². The molecule has 2 atom stereocenters. The van der Waals surface area contributed by atoms with E-state index in [0.29, 0.717) is 18.5 Å². The summed E-state index contributed by atoms with van der Waals surface area (Å²) in [5.41, 5.74) is 2.86. The fraction of sp³-hybridized carbons (Fsp3) is 0.318. The van der Waals surface area contributed by atoms with Crippen LogP contribution in [0.2, 0.25) is 0 Å². The molecule has 2 aromatic carbocycles. The molecule has 0 aliphatic heterocycles. The van der Waals surface area contributed by atoms with Crippen LogP contribution in [0.3, 0.4) is 0 Å². The molecule has 5 nitrogen and oxygen atoms in total. The van der Waals surface area contributed by atoms with Crippen molar-refractivity contribution >= 4 is 50.9 Å². The number of aromatic nitrogens is 1. The number of thiazole rings is 1. The molecular weight excluding hydrogens is 404 g/mol. The molecule has 3 aromatic rings. The van der Waals surface area contributed by atoms with Crippen molar-refractivity contribution in [1.29, 1.82) is 0 Å². The van der Waals surface area contributed by atoms with Crippen LogP contribution in [-0.4, -0.2) is 22.0 Å². The number of anilines is 1. The Morgan fingerprint density at radius 3 is 2.62 bits per heavy atom. The van der Waals surface area contributed by atoms with Crippen molar-refractivity contribution in [2.24, 2.45) is 11.8 Å². The number of hydrogen-bond donors (Lipinski definition) is 2. The van der Waals surface area contributed by atoms with E-state index in [-0.39, 0.29) is 5.91 Å². The van der Waals surface area contributed by atoms with Gasteiger partial charge in [0.2, 0.25) is 5.91 Å². The molecule has 7 heteroatoms. The number of benzene rings is 2. The Morgan fingerprint density at radius 1 is 1.10 bits per heavy atom. The van der Waals surface area contributed by atoms with Crippen molar-refractivity contribution in [1.82, 2.24) is 4.98 Å². The van der Waals surface area contributed by atoms with E-state index >= 15 is 0 Å². The van der Waals surface area contributed by atoms with Crippen LogP contribution in [0.15, 0.2) is 52.9 Å². The molecule has 1 amide bonds. The quantitative estimate of drug-likeness (QED) is 0.515. The van der Waals surface area contributed by atoms with Gasteiger partial charge in [-0.05, 0) is 36.6 Å². The summed E-state index contributed by atoms with van der Waals surface area (Å²) in [6.45, 7) is 0. The molecule has 1 aliphatic carbocycles. The van der Waals surface area contributed by atoms with Gasteiger partial charge in [-0.3, -0.25) is 9.59 Å². The number of carboxylic acid groups (broad SMARTS) is 1. The zero-order valence-electron chi connectivity index (χ0n) is 15.8. The molecule has 1 aromatic heterocycles. The second kappa shape index (κ2) is 8.97. The van der Waals surface area contributed by atoms with E-state index < -0.39 is 17.8 Å². The lowest BCUT2D eigenvalue weighted by Crippen LogP contribution is -2.36. The molecule has 0 spiro atoms. The van der Waals surface area contributed by atoms with Crippen molar-refractivity contribution in [3.05, 3.63) is 54.1 Å². The second-order valence-electron chi connectivity index (χ2n) is 7.26. The highest BCUT2D eigenvalue weighted by Crippen LogP contribution is 2.34. The summed E-state index contributed by atoms with van der Waals surface area (Å²) < 4.78 is 2.00. The minimum atomic E-state index is -0.872. The fourth-order valence-electron chi connectivity index (χ4n) is 3.74.